The number of aromatic nitrogens is 3. The standard InChI is InChI=1S/C20H22FN7/c21-17-2-4-18(5-3-17)26-9-11-27(12-10-26)20(22)25-14-16-1-6-19(24-13-16)28-8-7-23-15-28/h1-8,13,15H,9-12,14H2,(H2,22,25). The highest BCUT2D eigenvalue weighted by Crippen LogP contribution is 2.17. The van der Waals surface area contributed by atoms with Crippen molar-refractivity contribution >= 4 is 11.6 Å². The number of guanidine groups is 1. The molecule has 0 saturated carbocycles. The third-order valence-corrected chi connectivity index (χ3v) is 4.80. The molecule has 1 saturated heterocycles. The van der Waals surface area contributed by atoms with E-state index in [4.69, 9.17) is 5.73 Å². The molecular formula is C20H22FN7. The number of aliphatic imine (C=N–C) groups is 1. The van der Waals surface area contributed by atoms with Crippen LogP contribution in [-0.2, 0) is 6.54 Å². The van der Waals surface area contributed by atoms with E-state index in [0.717, 1.165) is 43.2 Å². The second kappa shape index (κ2) is 8.08. The van der Waals surface area contributed by atoms with Gasteiger partial charge in [-0.1, -0.05) is 6.07 Å². The topological polar surface area (TPSA) is 75.6 Å². The Morgan fingerprint density at radius 1 is 1.07 bits per heavy atom. The van der Waals surface area contributed by atoms with Crippen LogP contribution >= 0.6 is 0 Å². The Labute approximate surface area is 163 Å². The first-order chi connectivity index (χ1) is 13.7. The summed E-state index contributed by atoms with van der Waals surface area (Å²) in [5.41, 5.74) is 8.21. The Hall–Kier alpha value is -3.42. The van der Waals surface area contributed by atoms with E-state index < -0.39 is 0 Å². The van der Waals surface area contributed by atoms with Crippen LogP contribution < -0.4 is 10.6 Å². The highest BCUT2D eigenvalue weighted by molar-refractivity contribution is 5.78. The highest BCUT2D eigenvalue weighted by Gasteiger charge is 2.18. The van der Waals surface area contributed by atoms with Gasteiger partial charge in [-0.25, -0.2) is 19.4 Å². The number of halogens is 1. The summed E-state index contributed by atoms with van der Waals surface area (Å²) in [6, 6.07) is 10.5. The van der Waals surface area contributed by atoms with Gasteiger partial charge in [0, 0.05) is 50.5 Å². The Balaban J connectivity index is 1.31. The van der Waals surface area contributed by atoms with Crippen molar-refractivity contribution in [3.8, 4) is 5.82 Å². The van der Waals surface area contributed by atoms with Crippen molar-refractivity contribution in [2.24, 2.45) is 10.7 Å². The molecule has 0 aliphatic carbocycles. The summed E-state index contributed by atoms with van der Waals surface area (Å²) in [5.74, 6) is 1.14. The smallest absolute Gasteiger partial charge is 0.191 e. The van der Waals surface area contributed by atoms with Crippen LogP contribution in [0.5, 0.6) is 0 Å². The van der Waals surface area contributed by atoms with Crippen LogP contribution in [0.25, 0.3) is 5.82 Å². The average molecular weight is 379 g/mol. The summed E-state index contributed by atoms with van der Waals surface area (Å²) in [7, 11) is 0. The number of nitrogens with two attached hydrogens (primary N) is 1. The molecule has 0 radical (unpaired) electrons. The van der Waals surface area contributed by atoms with Gasteiger partial charge in [-0.3, -0.25) is 4.57 Å². The molecule has 28 heavy (non-hydrogen) atoms. The molecule has 1 aliphatic heterocycles. The molecule has 1 fully saturated rings. The maximum atomic E-state index is 13.1. The molecule has 0 atom stereocenters. The Morgan fingerprint density at radius 3 is 2.50 bits per heavy atom. The molecule has 2 aromatic heterocycles. The van der Waals surface area contributed by atoms with Crippen LogP contribution in [0, 0.1) is 5.82 Å². The van der Waals surface area contributed by atoms with Gasteiger partial charge in [0.25, 0.3) is 0 Å². The lowest BCUT2D eigenvalue weighted by atomic mass is 10.2. The summed E-state index contributed by atoms with van der Waals surface area (Å²) < 4.78 is 14.9. The fraction of sp³-hybridized carbons (Fsp3) is 0.250. The summed E-state index contributed by atoms with van der Waals surface area (Å²) in [6.07, 6.45) is 7.09. The molecule has 3 heterocycles. The van der Waals surface area contributed by atoms with Gasteiger partial charge >= 0.3 is 0 Å². The van der Waals surface area contributed by atoms with Crippen molar-refractivity contribution in [1.29, 1.82) is 0 Å². The largest absolute Gasteiger partial charge is 0.370 e. The van der Waals surface area contributed by atoms with Gasteiger partial charge < -0.3 is 15.5 Å². The van der Waals surface area contributed by atoms with E-state index in [0.29, 0.717) is 12.5 Å². The van der Waals surface area contributed by atoms with Gasteiger partial charge in [0.15, 0.2) is 5.96 Å². The van der Waals surface area contributed by atoms with Crippen molar-refractivity contribution in [1.82, 2.24) is 19.4 Å². The van der Waals surface area contributed by atoms with Crippen LogP contribution in [0.4, 0.5) is 10.1 Å². The van der Waals surface area contributed by atoms with Gasteiger partial charge in [-0.05, 0) is 35.9 Å². The molecule has 3 aromatic rings. The number of pyridine rings is 1. The number of benzene rings is 1. The number of imidazole rings is 1. The number of anilines is 1. The molecule has 144 valence electrons. The maximum absolute atomic E-state index is 13.1. The molecular weight excluding hydrogens is 357 g/mol. The lowest BCUT2D eigenvalue weighted by Crippen LogP contribution is -2.51. The number of rotatable bonds is 4. The van der Waals surface area contributed by atoms with Crippen LogP contribution in [0.1, 0.15) is 5.56 Å². The van der Waals surface area contributed by atoms with Gasteiger partial charge in [0.05, 0.1) is 6.54 Å². The molecule has 1 aliphatic rings. The maximum Gasteiger partial charge on any atom is 0.191 e. The fourth-order valence-electron chi connectivity index (χ4n) is 3.18. The van der Waals surface area contributed by atoms with Crippen molar-refractivity contribution in [2.75, 3.05) is 31.1 Å². The molecule has 0 bridgehead atoms. The number of hydrogen-bond acceptors (Lipinski definition) is 4. The van der Waals surface area contributed by atoms with Gasteiger partial charge in [-0.2, -0.15) is 0 Å². The van der Waals surface area contributed by atoms with Crippen LogP contribution in [0.15, 0.2) is 66.3 Å². The van der Waals surface area contributed by atoms with Crippen molar-refractivity contribution in [3.05, 3.63) is 72.7 Å². The van der Waals surface area contributed by atoms with E-state index in [2.05, 4.69) is 24.8 Å². The first kappa shape index (κ1) is 18.0. The molecule has 2 N–H and O–H groups in total. The SMILES string of the molecule is NC(=NCc1ccc(-n2ccnc2)nc1)N1CCN(c2ccc(F)cc2)CC1. The zero-order chi connectivity index (χ0) is 19.3. The molecule has 4 rings (SSSR count). The number of nitrogens with zero attached hydrogens (tertiary/aromatic N) is 6. The van der Waals surface area contributed by atoms with Gasteiger partial charge in [0.2, 0.25) is 0 Å². The van der Waals surface area contributed by atoms with Crippen molar-refractivity contribution in [2.45, 2.75) is 6.54 Å². The van der Waals surface area contributed by atoms with Crippen molar-refractivity contribution in [3.63, 3.8) is 0 Å². The minimum Gasteiger partial charge on any atom is -0.370 e. The first-order valence-corrected chi connectivity index (χ1v) is 9.18. The van der Waals surface area contributed by atoms with E-state index in [1.807, 2.05) is 35.0 Å². The third kappa shape index (κ3) is 4.11. The normalized spacial score (nSPS) is 15.1. The van der Waals surface area contributed by atoms with E-state index in [-0.39, 0.29) is 5.82 Å². The highest BCUT2D eigenvalue weighted by atomic mass is 19.1. The van der Waals surface area contributed by atoms with E-state index in [9.17, 15) is 4.39 Å². The lowest BCUT2D eigenvalue weighted by molar-refractivity contribution is 0.380. The van der Waals surface area contributed by atoms with Gasteiger partial charge in [-0.15, -0.1) is 0 Å². The second-order valence-corrected chi connectivity index (χ2v) is 6.62. The summed E-state index contributed by atoms with van der Waals surface area (Å²) in [6.45, 7) is 3.70. The lowest BCUT2D eigenvalue weighted by Gasteiger charge is -2.36. The van der Waals surface area contributed by atoms with Crippen LogP contribution in [0.2, 0.25) is 0 Å². The van der Waals surface area contributed by atoms with E-state index >= 15 is 0 Å². The quantitative estimate of drug-likeness (QED) is 0.555. The van der Waals surface area contributed by atoms with E-state index in [1.165, 1.54) is 12.1 Å². The molecule has 7 nitrogen and oxygen atoms in total. The predicted octanol–water partition coefficient (Wildman–Crippen LogP) is 2.04. The summed E-state index contributed by atoms with van der Waals surface area (Å²) >= 11 is 0. The van der Waals surface area contributed by atoms with E-state index in [1.54, 1.807) is 18.7 Å². The number of hydrogen-bond donors (Lipinski definition) is 1. The minimum atomic E-state index is -0.216. The molecule has 0 amide bonds. The molecule has 0 spiro atoms. The summed E-state index contributed by atoms with van der Waals surface area (Å²) in [4.78, 5) is 17.3. The Bertz CT molecular complexity index is 912. The van der Waals surface area contributed by atoms with Crippen molar-refractivity contribution < 1.29 is 4.39 Å². The molecule has 0 unspecified atom stereocenters. The van der Waals surface area contributed by atoms with Gasteiger partial charge in [0.1, 0.15) is 18.0 Å². The zero-order valence-corrected chi connectivity index (χ0v) is 15.4. The average Bonchev–Trinajstić information content (AvgIpc) is 3.28. The second-order valence-electron chi connectivity index (χ2n) is 6.62. The van der Waals surface area contributed by atoms with Crippen LogP contribution in [0.3, 0.4) is 0 Å². The van der Waals surface area contributed by atoms with Crippen LogP contribution in [-0.4, -0.2) is 51.6 Å². The first-order valence-electron chi connectivity index (χ1n) is 9.18. The predicted molar refractivity (Wildman–Crippen MR) is 107 cm³/mol. The summed E-state index contributed by atoms with van der Waals surface area (Å²) in [5, 5.41) is 0. The number of piperazine rings is 1. The Kier molecular flexibility index (Phi) is 5.18. The fourth-order valence-corrected chi connectivity index (χ4v) is 3.18. The Morgan fingerprint density at radius 2 is 1.86 bits per heavy atom. The minimum absolute atomic E-state index is 0.216. The zero-order valence-electron chi connectivity index (χ0n) is 15.4. The third-order valence-electron chi connectivity index (χ3n) is 4.80. The molecule has 8 heteroatoms. The monoisotopic (exact) mass is 379 g/mol. The molecule has 1 aromatic carbocycles.